The number of aliphatic hydroxyl groups excluding tert-OH is 4. The van der Waals surface area contributed by atoms with E-state index in [0.29, 0.717) is 51.8 Å². The lowest BCUT2D eigenvalue weighted by atomic mass is 9.81. The van der Waals surface area contributed by atoms with Gasteiger partial charge in [0.15, 0.2) is 17.2 Å². The summed E-state index contributed by atoms with van der Waals surface area (Å²) >= 11 is 0. The number of aryl methyl sites for hydroxylation is 1. The molecule has 23 nitrogen and oxygen atoms in total. The molecule has 5 heterocycles. The zero-order valence-corrected chi connectivity index (χ0v) is 45.4. The van der Waals surface area contributed by atoms with Crippen molar-refractivity contribution in [3.05, 3.63) is 91.0 Å². The van der Waals surface area contributed by atoms with Crippen LogP contribution in [0.5, 0.6) is 5.75 Å². The van der Waals surface area contributed by atoms with Gasteiger partial charge in [0.2, 0.25) is 12.2 Å². The monoisotopic (exact) mass is 1140 g/mol. The van der Waals surface area contributed by atoms with Gasteiger partial charge in [0.05, 0.1) is 60.4 Å². The van der Waals surface area contributed by atoms with Crippen LogP contribution in [0.15, 0.2) is 35.1 Å². The zero-order valence-electron chi connectivity index (χ0n) is 45.4. The average molecular weight is 1140 g/mol. The number of pyridine rings is 2. The number of alkyl carbamates (subject to hydrolysis) is 1. The fourth-order valence-electron chi connectivity index (χ4n) is 10.9. The molecule has 0 radical (unpaired) electrons. The Kier molecular flexibility index (Phi) is 18.8. The highest BCUT2D eigenvalue weighted by Gasteiger charge is 2.47. The van der Waals surface area contributed by atoms with Gasteiger partial charge in [-0.2, -0.15) is 0 Å². The summed E-state index contributed by atoms with van der Waals surface area (Å²) in [5.41, 5.74) is 1.31. The Morgan fingerprint density at radius 2 is 1.77 bits per heavy atom. The smallest absolute Gasteiger partial charge is 0.407 e. The van der Waals surface area contributed by atoms with Crippen molar-refractivity contribution in [1.29, 1.82) is 0 Å². The first-order chi connectivity index (χ1) is 39.4. The predicted octanol–water partition coefficient (Wildman–Crippen LogP) is 2.14. The van der Waals surface area contributed by atoms with Crippen molar-refractivity contribution in [1.82, 2.24) is 25.5 Å². The third-order valence-corrected chi connectivity index (χ3v) is 15.5. The minimum atomic E-state index is -2.06. The number of fused-ring (bicyclic) bond motifs is 5. The summed E-state index contributed by atoms with van der Waals surface area (Å²) in [6.45, 7) is 0.723. The second-order valence-electron chi connectivity index (χ2n) is 21.0. The molecule has 0 bridgehead atoms. The topological polar surface area (TPSA) is 330 Å². The first kappa shape index (κ1) is 59.4. The number of ether oxygens (including phenoxy) is 6. The highest BCUT2D eigenvalue weighted by atomic mass is 19.1. The van der Waals surface area contributed by atoms with Crippen LogP contribution in [0, 0.1) is 24.6 Å². The fraction of sp³-hybridized carbons (Fsp3) is 0.517. The number of carbonyl (C=O) groups excluding carboxylic acids is 6. The molecule has 3 aliphatic heterocycles. The van der Waals surface area contributed by atoms with Crippen molar-refractivity contribution in [2.45, 2.75) is 153 Å². The number of nitrogens with one attached hydrogen (secondary N) is 3. The van der Waals surface area contributed by atoms with Crippen LogP contribution in [0.3, 0.4) is 0 Å². The van der Waals surface area contributed by atoms with Crippen LogP contribution in [0.2, 0.25) is 0 Å². The molecule has 8 atom stereocenters. The highest BCUT2D eigenvalue weighted by molar-refractivity contribution is 5.97. The van der Waals surface area contributed by atoms with E-state index >= 15 is 4.39 Å². The van der Waals surface area contributed by atoms with Crippen LogP contribution >= 0.6 is 0 Å². The summed E-state index contributed by atoms with van der Waals surface area (Å²) in [6, 6.07) is 6.34. The number of aromatic nitrogens is 2. The molecule has 24 heteroatoms. The van der Waals surface area contributed by atoms with E-state index in [9.17, 15) is 59.1 Å². The summed E-state index contributed by atoms with van der Waals surface area (Å²) in [4.78, 5) is 96.9. The Morgan fingerprint density at radius 1 is 0.951 bits per heavy atom. The summed E-state index contributed by atoms with van der Waals surface area (Å²) in [5.74, 6) is 2.80. The summed E-state index contributed by atoms with van der Waals surface area (Å²) in [6.07, 6.45) is -3.97. The van der Waals surface area contributed by atoms with E-state index in [0.717, 1.165) is 37.7 Å². The van der Waals surface area contributed by atoms with Gasteiger partial charge in [-0.05, 0) is 92.3 Å². The first-order valence-corrected chi connectivity index (χ1v) is 27.5. The predicted molar refractivity (Wildman–Crippen MR) is 285 cm³/mol. The maximum Gasteiger partial charge on any atom is 0.407 e. The maximum atomic E-state index is 15.4. The first-order valence-electron chi connectivity index (χ1n) is 27.5. The minimum Gasteiger partial charge on any atom is -0.461 e. The summed E-state index contributed by atoms with van der Waals surface area (Å²) in [7, 11) is 0. The number of carbonyl (C=O) groups is 6. The molecule has 9 rings (SSSR count). The zero-order chi connectivity index (χ0) is 58.4. The molecular weight excluding hydrogens is 1070 g/mol. The molecule has 1 fully saturated rings. The summed E-state index contributed by atoms with van der Waals surface area (Å²) in [5, 5.41) is 61.0. The van der Waals surface area contributed by atoms with E-state index in [4.69, 9.17) is 33.4 Å². The van der Waals surface area contributed by atoms with E-state index < -0.39 is 110 Å². The lowest BCUT2D eigenvalue weighted by molar-refractivity contribution is -0.277. The van der Waals surface area contributed by atoms with Crippen LogP contribution < -0.4 is 26.2 Å². The molecule has 2 aromatic carbocycles. The van der Waals surface area contributed by atoms with Gasteiger partial charge in [-0.15, -0.1) is 5.92 Å². The molecule has 3 amide bonds. The van der Waals surface area contributed by atoms with Gasteiger partial charge < -0.3 is 74.5 Å². The normalized spacial score (nSPS) is 23.4. The molecular formula is C58H66FN5O18. The third-order valence-electron chi connectivity index (χ3n) is 15.5. The number of aliphatic hydroxyl groups is 5. The number of amides is 3. The lowest BCUT2D eigenvalue weighted by Gasteiger charge is -2.39. The number of hydrogen-bond donors (Lipinski definition) is 8. The van der Waals surface area contributed by atoms with E-state index in [1.54, 1.807) is 19.9 Å². The van der Waals surface area contributed by atoms with Gasteiger partial charge in [0.25, 0.3) is 11.5 Å². The number of ketones is 2. The number of benzene rings is 2. The van der Waals surface area contributed by atoms with Crippen molar-refractivity contribution >= 4 is 46.3 Å². The molecule has 0 spiro atoms. The van der Waals surface area contributed by atoms with E-state index in [-0.39, 0.29) is 98.5 Å². The Balaban J connectivity index is 0.768. The van der Waals surface area contributed by atoms with Gasteiger partial charge in [0, 0.05) is 48.4 Å². The van der Waals surface area contributed by atoms with Gasteiger partial charge in [-0.25, -0.2) is 19.0 Å². The Labute approximate surface area is 469 Å². The molecule has 2 aliphatic carbocycles. The Hall–Kier alpha value is -7.21. The summed E-state index contributed by atoms with van der Waals surface area (Å²) < 4.78 is 50.0. The molecule has 82 heavy (non-hydrogen) atoms. The van der Waals surface area contributed by atoms with Gasteiger partial charge in [0.1, 0.15) is 68.5 Å². The Bertz CT molecular complexity index is 3280. The average Bonchev–Trinajstić information content (AvgIpc) is 1.91. The molecule has 1 saturated heterocycles. The van der Waals surface area contributed by atoms with Crippen molar-refractivity contribution in [3.8, 4) is 29.0 Å². The number of halogens is 1. The Morgan fingerprint density at radius 3 is 2.56 bits per heavy atom. The SMILES string of the molecule is CC[C@@]1(O)C(=O)OCc2c1cc1n(c2=O)Cc2c-1nc1cc(F)c(C)c3c1c2[C@@H](NC(=O)COCCC(=O)CNC(=O)OCc1ccc(O[C@H]2O[C@H](CO)[C@@H](O)[C@H](O)[C@H]2O)c(C(=O)NCCCC(=O)COC2C#CCCCCC2)c1)CC3. The van der Waals surface area contributed by atoms with Gasteiger partial charge in [-0.3, -0.25) is 24.0 Å². The lowest BCUT2D eigenvalue weighted by Crippen LogP contribution is -2.60. The van der Waals surface area contributed by atoms with E-state index in [1.165, 1.54) is 28.8 Å². The third kappa shape index (κ3) is 12.7. The van der Waals surface area contributed by atoms with Crippen molar-refractivity contribution in [2.24, 2.45) is 0 Å². The van der Waals surface area contributed by atoms with Crippen LogP contribution in [0.4, 0.5) is 9.18 Å². The number of Topliss-reactive ketones (excluding diaryl/α,β-unsaturated/α-hetero) is 2. The number of hydrogen-bond acceptors (Lipinski definition) is 19. The van der Waals surface area contributed by atoms with Crippen LogP contribution in [-0.4, -0.2) is 147 Å². The minimum absolute atomic E-state index is 0.0516. The molecule has 4 aromatic rings. The maximum absolute atomic E-state index is 15.4. The van der Waals surface area contributed by atoms with Crippen LogP contribution in [0.1, 0.15) is 126 Å². The molecule has 2 aromatic heterocycles. The highest BCUT2D eigenvalue weighted by Crippen LogP contribution is 2.46. The van der Waals surface area contributed by atoms with Crippen LogP contribution in [-0.2, 0) is 74.6 Å². The van der Waals surface area contributed by atoms with Gasteiger partial charge in [-0.1, -0.05) is 25.3 Å². The van der Waals surface area contributed by atoms with Gasteiger partial charge >= 0.3 is 12.1 Å². The van der Waals surface area contributed by atoms with Crippen molar-refractivity contribution in [3.63, 3.8) is 0 Å². The second kappa shape index (κ2) is 25.9. The fourth-order valence-corrected chi connectivity index (χ4v) is 10.9. The van der Waals surface area contributed by atoms with Crippen molar-refractivity contribution in [2.75, 3.05) is 39.5 Å². The number of cyclic esters (lactones) is 1. The van der Waals surface area contributed by atoms with Crippen LogP contribution in [0.25, 0.3) is 22.3 Å². The number of rotatable bonds is 22. The second-order valence-corrected chi connectivity index (χ2v) is 21.0. The molecule has 1 unspecified atom stereocenters. The van der Waals surface area contributed by atoms with E-state index in [1.807, 2.05) is 0 Å². The standard InChI is InChI=1S/C58H66FN5O18/c1-3-58(76)39-21-43-49-37(24-64(43)54(73)38(39)28-79-56(58)74)48-41(15-14-35-30(2)40(59)22-42(63-49)47(35)48)62-46(68)29-77-19-17-32(66)23-61-57(75)80-26-31-13-16-44(81-55-52(71)51(70)50(69)45(25-65)82-55)36(20-31)53(72)60-18-9-10-33(67)27-78-34-11-7-5-4-6-8-12-34/h13,16,20-22,34,41,45,50-52,55,65,69-71,76H,3-7,9-11,14-15,17-19,23-29H2,1-2H3,(H,60,72)(H,61,75)(H,62,68)/t34?,41-,45+,50+,51-,52+,55-,58-/m0/s1. The molecule has 5 aliphatic rings. The molecule has 8 N–H and O–H groups in total. The van der Waals surface area contributed by atoms with Crippen molar-refractivity contribution < 1.29 is 87.1 Å². The molecule has 0 saturated carbocycles. The quantitative estimate of drug-likeness (QED) is 0.0280. The molecule has 438 valence electrons. The van der Waals surface area contributed by atoms with E-state index in [2.05, 4.69) is 27.8 Å². The number of nitrogens with zero attached hydrogens (tertiary/aromatic N) is 2. The number of esters is 1. The largest absolute Gasteiger partial charge is 0.461 e.